The second-order valence-electron chi connectivity index (χ2n) is 6.48. The Kier molecular flexibility index (Phi) is 5.46. The zero-order chi connectivity index (χ0) is 13.0. The minimum atomic E-state index is 0.732. The van der Waals surface area contributed by atoms with Gasteiger partial charge in [0, 0.05) is 44.8 Å². The molecular formula is C15H31N3. The number of piperazine rings is 1. The first-order valence-electron chi connectivity index (χ1n) is 7.84. The van der Waals surface area contributed by atoms with Gasteiger partial charge in [-0.05, 0) is 25.8 Å². The SMILES string of the molecule is CNC1CCCCC1N1CCN(CC(C)C)CC1. The average Bonchev–Trinajstić information content (AvgIpc) is 2.39. The van der Waals surface area contributed by atoms with E-state index in [-0.39, 0.29) is 0 Å². The summed E-state index contributed by atoms with van der Waals surface area (Å²) in [7, 11) is 2.14. The maximum absolute atomic E-state index is 3.54. The Labute approximate surface area is 113 Å². The molecule has 2 unspecified atom stereocenters. The van der Waals surface area contributed by atoms with Crippen molar-refractivity contribution in [1.82, 2.24) is 15.1 Å². The molecule has 3 nitrogen and oxygen atoms in total. The van der Waals surface area contributed by atoms with Crippen LogP contribution in [-0.2, 0) is 0 Å². The van der Waals surface area contributed by atoms with Gasteiger partial charge >= 0.3 is 0 Å². The zero-order valence-corrected chi connectivity index (χ0v) is 12.5. The lowest BCUT2D eigenvalue weighted by atomic mass is 9.89. The highest BCUT2D eigenvalue weighted by atomic mass is 15.3. The molecule has 18 heavy (non-hydrogen) atoms. The van der Waals surface area contributed by atoms with E-state index in [9.17, 15) is 0 Å². The van der Waals surface area contributed by atoms with Gasteiger partial charge in [-0.15, -0.1) is 0 Å². The van der Waals surface area contributed by atoms with Gasteiger partial charge < -0.3 is 10.2 Å². The summed E-state index contributed by atoms with van der Waals surface area (Å²) < 4.78 is 0. The predicted octanol–water partition coefficient (Wildman–Crippen LogP) is 1.79. The van der Waals surface area contributed by atoms with Gasteiger partial charge in [0.25, 0.3) is 0 Å². The lowest BCUT2D eigenvalue weighted by molar-refractivity contribution is 0.0587. The van der Waals surface area contributed by atoms with Crippen molar-refractivity contribution in [3.63, 3.8) is 0 Å². The fraction of sp³-hybridized carbons (Fsp3) is 1.00. The largest absolute Gasteiger partial charge is 0.315 e. The number of rotatable bonds is 4. The van der Waals surface area contributed by atoms with Crippen molar-refractivity contribution in [2.24, 2.45) is 5.92 Å². The average molecular weight is 253 g/mol. The maximum atomic E-state index is 3.54. The number of nitrogens with zero attached hydrogens (tertiary/aromatic N) is 2. The van der Waals surface area contributed by atoms with Crippen LogP contribution < -0.4 is 5.32 Å². The van der Waals surface area contributed by atoms with Crippen LogP contribution in [0.25, 0.3) is 0 Å². The molecule has 1 aliphatic heterocycles. The molecule has 2 fully saturated rings. The maximum Gasteiger partial charge on any atom is 0.0250 e. The van der Waals surface area contributed by atoms with Crippen LogP contribution in [0.4, 0.5) is 0 Å². The fourth-order valence-corrected chi connectivity index (χ4v) is 3.68. The lowest BCUT2D eigenvalue weighted by Gasteiger charge is -2.44. The molecule has 106 valence electrons. The molecule has 1 heterocycles. The van der Waals surface area contributed by atoms with E-state index in [1.54, 1.807) is 0 Å². The first kappa shape index (κ1) is 14.3. The second kappa shape index (κ2) is 6.88. The molecule has 2 atom stereocenters. The zero-order valence-electron chi connectivity index (χ0n) is 12.5. The van der Waals surface area contributed by atoms with Crippen LogP contribution in [0, 0.1) is 5.92 Å². The topological polar surface area (TPSA) is 18.5 Å². The van der Waals surface area contributed by atoms with Crippen molar-refractivity contribution < 1.29 is 0 Å². The summed E-state index contributed by atoms with van der Waals surface area (Å²) in [6.07, 6.45) is 5.60. The van der Waals surface area contributed by atoms with E-state index in [4.69, 9.17) is 0 Å². The normalized spacial score (nSPS) is 32.0. The van der Waals surface area contributed by atoms with Crippen molar-refractivity contribution >= 4 is 0 Å². The van der Waals surface area contributed by atoms with Crippen molar-refractivity contribution in [2.45, 2.75) is 51.6 Å². The minimum absolute atomic E-state index is 0.732. The summed E-state index contributed by atoms with van der Waals surface area (Å²) in [5, 5.41) is 3.54. The molecule has 3 heteroatoms. The van der Waals surface area contributed by atoms with Gasteiger partial charge in [0.05, 0.1) is 0 Å². The number of hydrogen-bond donors (Lipinski definition) is 1. The number of hydrogen-bond acceptors (Lipinski definition) is 3. The number of likely N-dealkylation sites (N-methyl/N-ethyl adjacent to an activating group) is 1. The summed E-state index contributed by atoms with van der Waals surface area (Å²) in [6.45, 7) is 11.0. The Morgan fingerprint density at radius 3 is 2.33 bits per heavy atom. The third kappa shape index (κ3) is 3.69. The predicted molar refractivity (Wildman–Crippen MR) is 78.0 cm³/mol. The smallest absolute Gasteiger partial charge is 0.0250 e. The van der Waals surface area contributed by atoms with Crippen LogP contribution in [0.1, 0.15) is 39.5 Å². The van der Waals surface area contributed by atoms with Crippen molar-refractivity contribution in [2.75, 3.05) is 39.8 Å². The monoisotopic (exact) mass is 253 g/mol. The van der Waals surface area contributed by atoms with Gasteiger partial charge in [-0.1, -0.05) is 26.7 Å². The summed E-state index contributed by atoms with van der Waals surface area (Å²) >= 11 is 0. The summed E-state index contributed by atoms with van der Waals surface area (Å²) in [6, 6.07) is 1.53. The third-order valence-electron chi connectivity index (χ3n) is 4.60. The second-order valence-corrected chi connectivity index (χ2v) is 6.48. The van der Waals surface area contributed by atoms with Gasteiger partial charge in [0.2, 0.25) is 0 Å². The van der Waals surface area contributed by atoms with E-state index in [1.807, 2.05) is 0 Å². The summed E-state index contributed by atoms with van der Waals surface area (Å²) in [4.78, 5) is 5.38. The molecular weight excluding hydrogens is 222 g/mol. The van der Waals surface area contributed by atoms with E-state index in [0.29, 0.717) is 0 Å². The number of nitrogens with one attached hydrogen (secondary N) is 1. The Bertz CT molecular complexity index is 234. The Morgan fingerprint density at radius 1 is 1.06 bits per heavy atom. The van der Waals surface area contributed by atoms with Crippen molar-refractivity contribution in [3.05, 3.63) is 0 Å². The molecule has 0 spiro atoms. The summed E-state index contributed by atoms with van der Waals surface area (Å²) in [5.41, 5.74) is 0. The fourth-order valence-electron chi connectivity index (χ4n) is 3.68. The molecule has 0 aromatic rings. The molecule has 0 radical (unpaired) electrons. The lowest BCUT2D eigenvalue weighted by Crippen LogP contribution is -2.57. The van der Waals surface area contributed by atoms with Crippen LogP contribution in [0.5, 0.6) is 0 Å². The van der Waals surface area contributed by atoms with Crippen LogP contribution in [0.3, 0.4) is 0 Å². The first-order valence-corrected chi connectivity index (χ1v) is 7.84. The Balaban J connectivity index is 1.81. The van der Waals surface area contributed by atoms with E-state index < -0.39 is 0 Å². The van der Waals surface area contributed by atoms with Gasteiger partial charge in [-0.3, -0.25) is 4.90 Å². The quantitative estimate of drug-likeness (QED) is 0.824. The van der Waals surface area contributed by atoms with Crippen LogP contribution in [0.15, 0.2) is 0 Å². The van der Waals surface area contributed by atoms with Crippen LogP contribution >= 0.6 is 0 Å². The Morgan fingerprint density at radius 2 is 1.72 bits per heavy atom. The van der Waals surface area contributed by atoms with E-state index in [0.717, 1.165) is 18.0 Å². The highest BCUT2D eigenvalue weighted by molar-refractivity contribution is 4.89. The molecule has 0 aromatic carbocycles. The van der Waals surface area contributed by atoms with Crippen molar-refractivity contribution in [1.29, 1.82) is 0 Å². The van der Waals surface area contributed by atoms with E-state index in [1.165, 1.54) is 58.4 Å². The Hall–Kier alpha value is -0.120. The first-order chi connectivity index (χ1) is 8.70. The van der Waals surface area contributed by atoms with Gasteiger partial charge in [0.15, 0.2) is 0 Å². The minimum Gasteiger partial charge on any atom is -0.315 e. The van der Waals surface area contributed by atoms with Crippen LogP contribution in [-0.4, -0.2) is 61.7 Å². The van der Waals surface area contributed by atoms with Crippen molar-refractivity contribution in [3.8, 4) is 0 Å². The standard InChI is InChI=1S/C15H31N3/c1-13(2)12-17-8-10-18(11-9-17)15-7-5-4-6-14(15)16-3/h13-16H,4-12H2,1-3H3. The molecule has 1 aliphatic carbocycles. The van der Waals surface area contributed by atoms with Gasteiger partial charge in [-0.25, -0.2) is 0 Å². The van der Waals surface area contributed by atoms with E-state index in [2.05, 4.69) is 36.0 Å². The molecule has 0 aromatic heterocycles. The molecule has 1 saturated carbocycles. The summed E-state index contributed by atoms with van der Waals surface area (Å²) in [5.74, 6) is 0.802. The highest BCUT2D eigenvalue weighted by Crippen LogP contribution is 2.24. The molecule has 0 amide bonds. The van der Waals surface area contributed by atoms with Gasteiger partial charge in [0.1, 0.15) is 0 Å². The highest BCUT2D eigenvalue weighted by Gasteiger charge is 2.31. The third-order valence-corrected chi connectivity index (χ3v) is 4.60. The van der Waals surface area contributed by atoms with Gasteiger partial charge in [-0.2, -0.15) is 0 Å². The van der Waals surface area contributed by atoms with Crippen LogP contribution in [0.2, 0.25) is 0 Å². The molecule has 0 bridgehead atoms. The van der Waals surface area contributed by atoms with E-state index >= 15 is 0 Å². The molecule has 2 rings (SSSR count). The molecule has 2 aliphatic rings. The molecule has 1 saturated heterocycles. The molecule has 1 N–H and O–H groups in total.